The molecule has 0 radical (unpaired) electrons. The molecule has 0 bridgehead atoms. The number of anilines is 2. The van der Waals surface area contributed by atoms with Crippen molar-refractivity contribution in [2.24, 2.45) is 0 Å². The molecule has 4 nitrogen and oxygen atoms in total. The fourth-order valence-corrected chi connectivity index (χ4v) is 2.01. The van der Waals surface area contributed by atoms with Crippen molar-refractivity contribution in [3.63, 3.8) is 0 Å². The second kappa shape index (κ2) is 7.13. The van der Waals surface area contributed by atoms with E-state index < -0.39 is 0 Å². The summed E-state index contributed by atoms with van der Waals surface area (Å²) in [4.78, 5) is 11.8. The molecule has 3 N–H and O–H groups in total. The lowest BCUT2D eigenvalue weighted by Crippen LogP contribution is -2.15. The molecule has 0 atom stereocenters. The monoisotopic (exact) mass is 348 g/mol. The Morgan fingerprint density at radius 1 is 1.24 bits per heavy atom. The summed E-state index contributed by atoms with van der Waals surface area (Å²) < 4.78 is 6.61. The molecule has 1 amide bonds. The summed E-state index contributed by atoms with van der Waals surface area (Å²) in [6, 6.07) is 12.8. The number of hydrogen-bond acceptors (Lipinski definition) is 3. The van der Waals surface area contributed by atoms with E-state index in [1.807, 2.05) is 25.1 Å². The van der Waals surface area contributed by atoms with Gasteiger partial charge in [0.15, 0.2) is 0 Å². The number of ether oxygens (including phenoxy) is 1. The molecule has 0 aliphatic carbocycles. The highest BCUT2D eigenvalue weighted by atomic mass is 79.9. The number of nitrogens with one attached hydrogen (secondary N) is 1. The highest BCUT2D eigenvalue weighted by molar-refractivity contribution is 9.10. The van der Waals surface area contributed by atoms with Crippen LogP contribution in [0.4, 0.5) is 11.4 Å². The van der Waals surface area contributed by atoms with Gasteiger partial charge in [0.25, 0.3) is 0 Å². The Kier molecular flexibility index (Phi) is 5.22. The van der Waals surface area contributed by atoms with Crippen molar-refractivity contribution in [1.29, 1.82) is 0 Å². The Balaban J connectivity index is 1.78. The van der Waals surface area contributed by atoms with Crippen LogP contribution < -0.4 is 15.8 Å². The molecular formula is C16H17BrN2O2. The predicted molar refractivity (Wildman–Crippen MR) is 88.5 cm³/mol. The van der Waals surface area contributed by atoms with Gasteiger partial charge in [-0.2, -0.15) is 0 Å². The van der Waals surface area contributed by atoms with Crippen molar-refractivity contribution in [1.82, 2.24) is 0 Å². The lowest BCUT2D eigenvalue weighted by molar-refractivity contribution is -0.116. The molecule has 0 saturated heterocycles. The molecule has 0 heterocycles. The SMILES string of the molecule is Cc1cc(OCCC(=O)Nc2ccc(N)cc2)ccc1Br. The Hall–Kier alpha value is -2.01. The minimum absolute atomic E-state index is 0.0893. The van der Waals surface area contributed by atoms with Gasteiger partial charge in [-0.3, -0.25) is 4.79 Å². The van der Waals surface area contributed by atoms with Crippen LogP contribution in [-0.4, -0.2) is 12.5 Å². The molecule has 5 heteroatoms. The van der Waals surface area contributed by atoms with E-state index in [2.05, 4.69) is 21.2 Å². The molecular weight excluding hydrogens is 332 g/mol. The maximum absolute atomic E-state index is 11.8. The van der Waals surface area contributed by atoms with Crippen LogP contribution in [0, 0.1) is 6.92 Å². The third-order valence-corrected chi connectivity index (χ3v) is 3.81. The van der Waals surface area contributed by atoms with Crippen LogP contribution in [0.1, 0.15) is 12.0 Å². The van der Waals surface area contributed by atoms with Crippen molar-refractivity contribution >= 4 is 33.2 Å². The van der Waals surface area contributed by atoms with E-state index >= 15 is 0 Å². The van der Waals surface area contributed by atoms with Crippen molar-refractivity contribution in [2.75, 3.05) is 17.7 Å². The maximum Gasteiger partial charge on any atom is 0.227 e. The third-order valence-electron chi connectivity index (χ3n) is 2.92. The van der Waals surface area contributed by atoms with Crippen LogP contribution in [0.3, 0.4) is 0 Å². The minimum atomic E-state index is -0.0893. The summed E-state index contributed by atoms with van der Waals surface area (Å²) in [5.74, 6) is 0.671. The van der Waals surface area contributed by atoms with Gasteiger partial charge in [0, 0.05) is 15.8 Å². The topological polar surface area (TPSA) is 64.3 Å². The maximum atomic E-state index is 11.8. The van der Waals surface area contributed by atoms with Crippen molar-refractivity contribution in [3.8, 4) is 5.75 Å². The normalized spacial score (nSPS) is 10.2. The first-order valence-electron chi connectivity index (χ1n) is 6.59. The van der Waals surface area contributed by atoms with Crippen LogP contribution in [0.25, 0.3) is 0 Å². The largest absolute Gasteiger partial charge is 0.493 e. The van der Waals surface area contributed by atoms with Crippen LogP contribution in [-0.2, 0) is 4.79 Å². The fraction of sp³-hybridized carbons (Fsp3) is 0.188. The second-order valence-electron chi connectivity index (χ2n) is 4.68. The highest BCUT2D eigenvalue weighted by Crippen LogP contribution is 2.21. The number of amides is 1. The Morgan fingerprint density at radius 3 is 2.62 bits per heavy atom. The van der Waals surface area contributed by atoms with E-state index in [4.69, 9.17) is 10.5 Å². The molecule has 21 heavy (non-hydrogen) atoms. The van der Waals surface area contributed by atoms with Gasteiger partial charge in [-0.1, -0.05) is 15.9 Å². The van der Waals surface area contributed by atoms with E-state index in [0.717, 1.165) is 21.5 Å². The quantitative estimate of drug-likeness (QED) is 0.808. The van der Waals surface area contributed by atoms with Crippen molar-refractivity contribution < 1.29 is 9.53 Å². The second-order valence-corrected chi connectivity index (χ2v) is 5.53. The van der Waals surface area contributed by atoms with E-state index in [9.17, 15) is 4.79 Å². The first kappa shape index (κ1) is 15.4. The summed E-state index contributed by atoms with van der Waals surface area (Å²) in [5, 5.41) is 2.79. The summed E-state index contributed by atoms with van der Waals surface area (Å²) in [5.41, 5.74) is 8.08. The first-order valence-corrected chi connectivity index (χ1v) is 7.38. The average Bonchev–Trinajstić information content (AvgIpc) is 2.45. The number of hydrogen-bond donors (Lipinski definition) is 2. The van der Waals surface area contributed by atoms with Crippen LogP contribution in [0.2, 0.25) is 0 Å². The standard InChI is InChI=1S/C16H17BrN2O2/c1-11-10-14(6-7-15(11)17)21-9-8-16(20)19-13-4-2-12(18)3-5-13/h2-7,10H,8-9,18H2,1H3,(H,19,20). The van der Waals surface area contributed by atoms with E-state index in [-0.39, 0.29) is 5.91 Å². The molecule has 0 fully saturated rings. The van der Waals surface area contributed by atoms with Crippen LogP contribution in [0.5, 0.6) is 5.75 Å². The number of nitrogen functional groups attached to an aromatic ring is 1. The van der Waals surface area contributed by atoms with Gasteiger partial charge in [-0.05, 0) is 55.0 Å². The molecule has 0 aliphatic heterocycles. The zero-order chi connectivity index (χ0) is 15.2. The highest BCUT2D eigenvalue weighted by Gasteiger charge is 2.04. The number of halogens is 1. The molecule has 0 aliphatic rings. The lowest BCUT2D eigenvalue weighted by Gasteiger charge is -2.08. The van der Waals surface area contributed by atoms with E-state index in [1.165, 1.54) is 0 Å². The zero-order valence-corrected chi connectivity index (χ0v) is 13.3. The van der Waals surface area contributed by atoms with Gasteiger partial charge in [0.2, 0.25) is 5.91 Å². The Bertz CT molecular complexity index is 627. The first-order chi connectivity index (χ1) is 10.0. The van der Waals surface area contributed by atoms with Crippen LogP contribution >= 0.6 is 15.9 Å². The molecule has 110 valence electrons. The van der Waals surface area contributed by atoms with Gasteiger partial charge in [0.05, 0.1) is 13.0 Å². The van der Waals surface area contributed by atoms with Crippen LogP contribution in [0.15, 0.2) is 46.9 Å². The molecule has 0 spiro atoms. The number of nitrogens with two attached hydrogens (primary N) is 1. The summed E-state index contributed by atoms with van der Waals surface area (Å²) in [6.07, 6.45) is 0.291. The average molecular weight is 349 g/mol. The van der Waals surface area contributed by atoms with Gasteiger partial charge < -0.3 is 15.8 Å². The molecule has 0 aromatic heterocycles. The molecule has 2 aromatic carbocycles. The smallest absolute Gasteiger partial charge is 0.227 e. The fourth-order valence-electron chi connectivity index (χ4n) is 1.76. The summed E-state index contributed by atoms with van der Waals surface area (Å²) in [7, 11) is 0. The molecule has 0 saturated carbocycles. The van der Waals surface area contributed by atoms with Crippen molar-refractivity contribution in [2.45, 2.75) is 13.3 Å². The third kappa shape index (κ3) is 4.79. The predicted octanol–water partition coefficient (Wildman–Crippen LogP) is 3.75. The van der Waals surface area contributed by atoms with Crippen molar-refractivity contribution in [3.05, 3.63) is 52.5 Å². The number of carbonyl (C=O) groups excluding carboxylic acids is 1. The molecule has 2 rings (SSSR count). The molecule has 0 unspecified atom stereocenters. The zero-order valence-electron chi connectivity index (χ0n) is 11.7. The number of carbonyl (C=O) groups is 1. The van der Waals surface area contributed by atoms with Gasteiger partial charge >= 0.3 is 0 Å². The number of rotatable bonds is 5. The van der Waals surface area contributed by atoms with Gasteiger partial charge in [-0.25, -0.2) is 0 Å². The van der Waals surface area contributed by atoms with E-state index in [0.29, 0.717) is 18.7 Å². The summed E-state index contributed by atoms with van der Waals surface area (Å²) in [6.45, 7) is 2.33. The molecule has 2 aromatic rings. The van der Waals surface area contributed by atoms with Gasteiger partial charge in [0.1, 0.15) is 5.75 Å². The number of aryl methyl sites for hydroxylation is 1. The van der Waals surface area contributed by atoms with Gasteiger partial charge in [-0.15, -0.1) is 0 Å². The minimum Gasteiger partial charge on any atom is -0.493 e. The summed E-state index contributed by atoms with van der Waals surface area (Å²) >= 11 is 3.43. The Morgan fingerprint density at radius 2 is 1.95 bits per heavy atom. The number of benzene rings is 2. The Labute approximate surface area is 132 Å². The van der Waals surface area contributed by atoms with E-state index in [1.54, 1.807) is 24.3 Å². The lowest BCUT2D eigenvalue weighted by atomic mass is 10.2.